The van der Waals surface area contributed by atoms with E-state index >= 15 is 0 Å². The first-order chi connectivity index (χ1) is 20.8. The average molecular weight is 607 g/mol. The van der Waals surface area contributed by atoms with Crippen LogP contribution in [0.15, 0.2) is 48.5 Å². The molecule has 4 aromatic rings. The predicted octanol–water partition coefficient (Wildman–Crippen LogP) is 3.56. The standard InChI is InChI=1S/C32H30O12/c1-12(27-23(39)11-26-16(29(27)42)9-25(41)30(43-26)13-2-4-17(33)20(36)6-13)28-22(38)10-19(35)15-8-24(40)31(44-32(15)28)14-3-5-18(34)21(37)7-14/h2-7,10-12,24-25,30-31,33-42H,8-9H2,1H3/t12?,24-,25-,30+,31+/m0/s1. The summed E-state index contributed by atoms with van der Waals surface area (Å²) in [5.41, 5.74) is 1.06. The van der Waals surface area contributed by atoms with Crippen molar-refractivity contribution >= 4 is 0 Å². The van der Waals surface area contributed by atoms with Gasteiger partial charge in [0.1, 0.15) is 46.7 Å². The van der Waals surface area contributed by atoms with Crippen LogP contribution < -0.4 is 9.47 Å². The van der Waals surface area contributed by atoms with Gasteiger partial charge < -0.3 is 60.5 Å². The zero-order valence-electron chi connectivity index (χ0n) is 23.2. The Balaban J connectivity index is 1.40. The zero-order chi connectivity index (χ0) is 31.6. The van der Waals surface area contributed by atoms with Crippen LogP contribution in [0.3, 0.4) is 0 Å². The van der Waals surface area contributed by atoms with Crippen LogP contribution in [-0.4, -0.2) is 63.3 Å². The fourth-order valence-corrected chi connectivity index (χ4v) is 6.07. The number of aliphatic hydroxyl groups is 2. The Morgan fingerprint density at radius 2 is 1.09 bits per heavy atom. The molecule has 0 aromatic heterocycles. The highest BCUT2D eigenvalue weighted by Crippen LogP contribution is 2.54. The summed E-state index contributed by atoms with van der Waals surface area (Å²) in [5.74, 6) is -4.04. The molecule has 4 aromatic carbocycles. The first-order valence-electron chi connectivity index (χ1n) is 13.7. The van der Waals surface area contributed by atoms with Gasteiger partial charge in [-0.25, -0.2) is 0 Å². The molecule has 6 rings (SSSR count). The Kier molecular flexibility index (Phi) is 6.90. The molecule has 0 radical (unpaired) electrons. The van der Waals surface area contributed by atoms with Gasteiger partial charge in [0.25, 0.3) is 0 Å². The quantitative estimate of drug-likeness (QED) is 0.151. The van der Waals surface area contributed by atoms with Crippen LogP contribution in [0.2, 0.25) is 0 Å². The molecule has 12 nitrogen and oxygen atoms in total. The highest BCUT2D eigenvalue weighted by atomic mass is 16.5. The normalized spacial score (nSPS) is 21.4. The molecule has 230 valence electrons. The second-order valence-electron chi connectivity index (χ2n) is 11.1. The number of phenolic OH excluding ortho intramolecular Hbond substituents is 8. The second kappa shape index (κ2) is 10.5. The van der Waals surface area contributed by atoms with Gasteiger partial charge in [-0.05, 0) is 35.4 Å². The summed E-state index contributed by atoms with van der Waals surface area (Å²) >= 11 is 0. The molecule has 0 amide bonds. The van der Waals surface area contributed by atoms with E-state index in [0.29, 0.717) is 11.1 Å². The lowest BCUT2D eigenvalue weighted by Gasteiger charge is -2.35. The van der Waals surface area contributed by atoms with Crippen molar-refractivity contribution in [2.24, 2.45) is 0 Å². The van der Waals surface area contributed by atoms with E-state index in [1.54, 1.807) is 6.92 Å². The number of hydrogen-bond donors (Lipinski definition) is 10. The molecule has 0 saturated carbocycles. The van der Waals surface area contributed by atoms with Crippen molar-refractivity contribution in [1.82, 2.24) is 0 Å². The average Bonchev–Trinajstić information content (AvgIpc) is 2.96. The van der Waals surface area contributed by atoms with E-state index in [-0.39, 0.29) is 63.8 Å². The van der Waals surface area contributed by atoms with E-state index in [4.69, 9.17) is 9.47 Å². The summed E-state index contributed by atoms with van der Waals surface area (Å²) in [6.07, 6.45) is -4.65. The lowest BCUT2D eigenvalue weighted by molar-refractivity contribution is 0.0187. The lowest BCUT2D eigenvalue weighted by Crippen LogP contribution is -2.31. The molecular weight excluding hydrogens is 576 g/mol. The molecule has 12 heteroatoms. The van der Waals surface area contributed by atoms with Crippen molar-refractivity contribution in [3.8, 4) is 57.5 Å². The number of aromatic hydroxyl groups is 8. The van der Waals surface area contributed by atoms with Gasteiger partial charge in [-0.2, -0.15) is 0 Å². The maximum absolute atomic E-state index is 11.4. The van der Waals surface area contributed by atoms with Crippen molar-refractivity contribution in [3.63, 3.8) is 0 Å². The summed E-state index contributed by atoms with van der Waals surface area (Å²) in [5, 5.41) is 105. The maximum Gasteiger partial charge on any atom is 0.157 e. The lowest BCUT2D eigenvalue weighted by atomic mass is 9.83. The van der Waals surface area contributed by atoms with Crippen molar-refractivity contribution in [1.29, 1.82) is 0 Å². The second-order valence-corrected chi connectivity index (χ2v) is 11.1. The van der Waals surface area contributed by atoms with Crippen LogP contribution in [0, 0.1) is 0 Å². The smallest absolute Gasteiger partial charge is 0.157 e. The molecule has 0 spiro atoms. The Hall–Kier alpha value is -5.20. The van der Waals surface area contributed by atoms with Gasteiger partial charge in [-0.3, -0.25) is 0 Å². The van der Waals surface area contributed by atoms with Crippen molar-refractivity contribution in [2.45, 2.75) is 50.1 Å². The Morgan fingerprint density at radius 3 is 1.66 bits per heavy atom. The first-order valence-corrected chi connectivity index (χ1v) is 13.7. The molecule has 0 bridgehead atoms. The summed E-state index contributed by atoms with van der Waals surface area (Å²) in [4.78, 5) is 0. The number of phenols is 8. The third-order valence-electron chi connectivity index (χ3n) is 8.31. The molecule has 2 heterocycles. The zero-order valence-corrected chi connectivity index (χ0v) is 23.2. The van der Waals surface area contributed by atoms with E-state index in [1.807, 2.05) is 0 Å². The minimum Gasteiger partial charge on any atom is -0.507 e. The SMILES string of the molecule is CC(c1c(O)cc2c(c1O)C[C@H](O)[C@@H](c1ccc(O)c(O)c1)O2)c1c(O)cc(O)c2c1O[C@H](c1ccc(O)c(O)c1)[C@@H](O)C2. The number of fused-ring (bicyclic) bond motifs is 2. The van der Waals surface area contributed by atoms with Crippen molar-refractivity contribution in [2.75, 3.05) is 0 Å². The fraction of sp³-hybridized carbons (Fsp3) is 0.250. The maximum atomic E-state index is 11.4. The van der Waals surface area contributed by atoms with Crippen LogP contribution in [0.5, 0.6) is 57.5 Å². The molecule has 44 heavy (non-hydrogen) atoms. The Morgan fingerprint density at radius 1 is 0.568 bits per heavy atom. The Labute approximate surface area is 250 Å². The van der Waals surface area contributed by atoms with Crippen molar-refractivity contribution in [3.05, 3.63) is 81.9 Å². The number of benzene rings is 4. The van der Waals surface area contributed by atoms with Crippen LogP contribution in [-0.2, 0) is 12.8 Å². The molecule has 0 saturated heterocycles. The van der Waals surface area contributed by atoms with Gasteiger partial charge in [0.05, 0.1) is 12.2 Å². The van der Waals surface area contributed by atoms with E-state index in [1.165, 1.54) is 42.5 Å². The Bertz CT molecular complexity index is 1780. The van der Waals surface area contributed by atoms with E-state index < -0.39 is 59.1 Å². The van der Waals surface area contributed by atoms with Crippen LogP contribution in [0.25, 0.3) is 0 Å². The minimum atomic E-state index is -1.19. The van der Waals surface area contributed by atoms with Crippen LogP contribution in [0.1, 0.15) is 58.4 Å². The molecule has 1 unspecified atom stereocenters. The van der Waals surface area contributed by atoms with Crippen LogP contribution in [0.4, 0.5) is 0 Å². The summed E-state index contributed by atoms with van der Waals surface area (Å²) in [6.45, 7) is 1.57. The van der Waals surface area contributed by atoms with Gasteiger partial charge in [0.15, 0.2) is 23.0 Å². The topological polar surface area (TPSA) is 221 Å². The number of aliphatic hydroxyl groups excluding tert-OH is 2. The molecule has 10 N–H and O–H groups in total. The number of rotatable bonds is 4. The molecule has 0 aliphatic carbocycles. The monoisotopic (exact) mass is 606 g/mol. The summed E-state index contributed by atoms with van der Waals surface area (Å²) in [6, 6.07) is 10.2. The third-order valence-corrected chi connectivity index (χ3v) is 8.31. The third kappa shape index (κ3) is 4.64. The van der Waals surface area contributed by atoms with Gasteiger partial charge in [-0.1, -0.05) is 19.1 Å². The largest absolute Gasteiger partial charge is 0.507 e. The molecule has 2 aliphatic rings. The number of hydrogen-bond acceptors (Lipinski definition) is 12. The van der Waals surface area contributed by atoms with E-state index in [2.05, 4.69) is 0 Å². The van der Waals surface area contributed by atoms with Crippen LogP contribution >= 0.6 is 0 Å². The molecule has 0 fully saturated rings. The first kappa shape index (κ1) is 28.9. The van der Waals surface area contributed by atoms with Crippen molar-refractivity contribution < 1.29 is 60.5 Å². The highest BCUT2D eigenvalue weighted by Gasteiger charge is 2.39. The molecule has 2 aliphatic heterocycles. The van der Waals surface area contributed by atoms with E-state index in [0.717, 1.165) is 6.07 Å². The summed E-state index contributed by atoms with van der Waals surface area (Å²) in [7, 11) is 0. The van der Waals surface area contributed by atoms with Gasteiger partial charge in [0, 0.05) is 53.1 Å². The molecule has 5 atom stereocenters. The summed E-state index contributed by atoms with van der Waals surface area (Å²) < 4.78 is 12.0. The predicted molar refractivity (Wildman–Crippen MR) is 153 cm³/mol. The molecular formula is C32H30O12. The minimum absolute atomic E-state index is 0.00197. The van der Waals surface area contributed by atoms with Gasteiger partial charge in [-0.15, -0.1) is 0 Å². The fourth-order valence-electron chi connectivity index (χ4n) is 6.07. The van der Waals surface area contributed by atoms with Gasteiger partial charge >= 0.3 is 0 Å². The number of ether oxygens (including phenoxy) is 2. The highest BCUT2D eigenvalue weighted by molar-refractivity contribution is 5.66. The van der Waals surface area contributed by atoms with E-state index in [9.17, 15) is 51.1 Å². The van der Waals surface area contributed by atoms with Gasteiger partial charge in [0.2, 0.25) is 0 Å².